The first-order valence-corrected chi connectivity index (χ1v) is 11.6. The van der Waals surface area contributed by atoms with Crippen molar-refractivity contribution in [2.75, 3.05) is 13.2 Å². The van der Waals surface area contributed by atoms with E-state index in [4.69, 9.17) is 14.5 Å². The minimum Gasteiger partial charge on any atom is -0.494 e. The summed E-state index contributed by atoms with van der Waals surface area (Å²) in [5.74, 6) is 1.29. The van der Waals surface area contributed by atoms with Gasteiger partial charge in [-0.1, -0.05) is 23.9 Å². The van der Waals surface area contributed by atoms with Crippen molar-refractivity contribution in [3.05, 3.63) is 63.9 Å². The third-order valence-corrected chi connectivity index (χ3v) is 6.39. The number of ether oxygens (including phenoxy) is 2. The lowest BCUT2D eigenvalue weighted by molar-refractivity contribution is 0.0937. The predicted octanol–water partition coefficient (Wildman–Crippen LogP) is 4.47. The topological polar surface area (TPSA) is 70.4 Å². The molecule has 0 bridgehead atoms. The first-order valence-electron chi connectivity index (χ1n) is 10.6. The summed E-state index contributed by atoms with van der Waals surface area (Å²) < 4.78 is 13.3. The molecule has 0 N–H and O–H groups in total. The van der Waals surface area contributed by atoms with Crippen molar-refractivity contribution >= 4 is 28.4 Å². The molecule has 0 aliphatic carbocycles. The number of hydrogen-bond acceptors (Lipinski definition) is 6. The third kappa shape index (κ3) is 4.83. The summed E-state index contributed by atoms with van der Waals surface area (Å²) in [7, 11) is 0. The highest BCUT2D eigenvalue weighted by Crippen LogP contribution is 2.29. The van der Waals surface area contributed by atoms with Gasteiger partial charge in [0.2, 0.25) is 0 Å². The Hall–Kier alpha value is -2.64. The first kappa shape index (κ1) is 21.6. The second-order valence-electron chi connectivity index (χ2n) is 7.56. The molecule has 1 atom stereocenters. The summed E-state index contributed by atoms with van der Waals surface area (Å²) in [4.78, 5) is 29.9. The van der Waals surface area contributed by atoms with E-state index in [-0.39, 0.29) is 17.4 Å². The summed E-state index contributed by atoms with van der Waals surface area (Å²) in [5.41, 5.74) is 2.18. The number of rotatable bonds is 8. The van der Waals surface area contributed by atoms with Crippen molar-refractivity contribution in [3.8, 4) is 5.75 Å². The highest BCUT2D eigenvalue weighted by atomic mass is 32.2. The second-order valence-corrected chi connectivity index (χ2v) is 8.51. The minimum atomic E-state index is -0.0499. The SMILES string of the molecule is CCOc1ccc(C(C)=O)cc1CSc1nc2ccccc2c(=O)n1C[C@H]1CCCO1. The van der Waals surface area contributed by atoms with Crippen LogP contribution in [-0.2, 0) is 17.0 Å². The Morgan fingerprint density at radius 2 is 2.13 bits per heavy atom. The summed E-state index contributed by atoms with van der Waals surface area (Å²) in [6.45, 7) is 5.25. The van der Waals surface area contributed by atoms with Crippen molar-refractivity contribution in [2.24, 2.45) is 0 Å². The van der Waals surface area contributed by atoms with E-state index in [9.17, 15) is 9.59 Å². The van der Waals surface area contributed by atoms with Gasteiger partial charge in [-0.3, -0.25) is 14.2 Å². The van der Waals surface area contributed by atoms with Crippen LogP contribution >= 0.6 is 11.8 Å². The lowest BCUT2D eigenvalue weighted by atomic mass is 10.1. The molecule has 6 nitrogen and oxygen atoms in total. The van der Waals surface area contributed by atoms with Crippen LogP contribution in [-0.4, -0.2) is 34.7 Å². The fourth-order valence-electron chi connectivity index (χ4n) is 3.76. The zero-order chi connectivity index (χ0) is 21.8. The van der Waals surface area contributed by atoms with Crippen LogP contribution in [0.4, 0.5) is 0 Å². The normalized spacial score (nSPS) is 16.0. The van der Waals surface area contributed by atoms with Crippen molar-refractivity contribution in [3.63, 3.8) is 0 Å². The molecule has 1 fully saturated rings. The van der Waals surface area contributed by atoms with Crippen LogP contribution in [0, 0.1) is 0 Å². The van der Waals surface area contributed by atoms with Gasteiger partial charge >= 0.3 is 0 Å². The van der Waals surface area contributed by atoms with Gasteiger partial charge in [0.1, 0.15) is 5.75 Å². The minimum absolute atomic E-state index is 0.00780. The number of fused-ring (bicyclic) bond motifs is 1. The maximum atomic E-state index is 13.2. The van der Waals surface area contributed by atoms with Gasteiger partial charge in [0, 0.05) is 23.5 Å². The number of carbonyl (C=O) groups is 1. The molecule has 0 radical (unpaired) electrons. The Bertz CT molecular complexity index is 1150. The molecule has 1 saturated heterocycles. The van der Waals surface area contributed by atoms with Gasteiger partial charge in [0.05, 0.1) is 30.2 Å². The number of carbonyl (C=O) groups excluding carboxylic acids is 1. The number of benzene rings is 2. The summed E-state index contributed by atoms with van der Waals surface area (Å²) >= 11 is 1.48. The maximum absolute atomic E-state index is 13.2. The lowest BCUT2D eigenvalue weighted by Gasteiger charge is -2.17. The zero-order valence-electron chi connectivity index (χ0n) is 17.8. The summed E-state index contributed by atoms with van der Waals surface area (Å²) in [6.07, 6.45) is 1.98. The van der Waals surface area contributed by atoms with Crippen LogP contribution in [0.25, 0.3) is 10.9 Å². The Morgan fingerprint density at radius 1 is 1.29 bits per heavy atom. The Labute approximate surface area is 185 Å². The molecule has 2 aromatic carbocycles. The molecule has 7 heteroatoms. The van der Waals surface area contributed by atoms with E-state index in [0.717, 1.165) is 30.8 Å². The van der Waals surface area contributed by atoms with E-state index in [1.54, 1.807) is 17.6 Å². The van der Waals surface area contributed by atoms with Gasteiger partial charge in [-0.2, -0.15) is 0 Å². The quantitative estimate of drug-likeness (QED) is 0.294. The molecule has 162 valence electrons. The first-order chi connectivity index (χ1) is 15.1. The van der Waals surface area contributed by atoms with Gasteiger partial charge in [0.25, 0.3) is 5.56 Å². The smallest absolute Gasteiger partial charge is 0.262 e. The van der Waals surface area contributed by atoms with Crippen LogP contribution in [0.5, 0.6) is 5.75 Å². The molecule has 3 aromatic rings. The third-order valence-electron chi connectivity index (χ3n) is 5.36. The molecule has 4 rings (SSSR count). The molecule has 1 aliphatic rings. The second kappa shape index (κ2) is 9.66. The number of hydrogen-bond donors (Lipinski definition) is 0. The summed E-state index contributed by atoms with van der Waals surface area (Å²) in [5, 5.41) is 1.26. The summed E-state index contributed by atoms with van der Waals surface area (Å²) in [6, 6.07) is 12.9. The van der Waals surface area contributed by atoms with Gasteiger partial charge in [0.15, 0.2) is 10.9 Å². The molecule has 0 unspecified atom stereocenters. The highest BCUT2D eigenvalue weighted by Gasteiger charge is 2.20. The number of nitrogens with zero attached hydrogens (tertiary/aromatic N) is 2. The van der Waals surface area contributed by atoms with Crippen LogP contribution in [0.15, 0.2) is 52.4 Å². The van der Waals surface area contributed by atoms with Crippen molar-refractivity contribution in [2.45, 2.75) is 50.2 Å². The molecular weight excluding hydrogens is 412 g/mol. The fourth-order valence-corrected chi connectivity index (χ4v) is 4.75. The molecule has 1 aromatic heterocycles. The maximum Gasteiger partial charge on any atom is 0.262 e. The Kier molecular flexibility index (Phi) is 6.73. The van der Waals surface area contributed by atoms with Crippen LogP contribution < -0.4 is 10.3 Å². The Morgan fingerprint density at radius 3 is 2.87 bits per heavy atom. The van der Waals surface area contributed by atoms with Gasteiger partial charge in [-0.25, -0.2) is 4.98 Å². The van der Waals surface area contributed by atoms with Gasteiger partial charge < -0.3 is 9.47 Å². The molecule has 0 amide bonds. The molecule has 1 aliphatic heterocycles. The van der Waals surface area contributed by atoms with E-state index < -0.39 is 0 Å². The number of para-hydroxylation sites is 1. The van der Waals surface area contributed by atoms with Crippen molar-refractivity contribution in [1.82, 2.24) is 9.55 Å². The molecule has 0 saturated carbocycles. The number of ketones is 1. The number of Topliss-reactive ketones (excluding diaryl/α,β-unsaturated/α-hetero) is 1. The van der Waals surface area contributed by atoms with Crippen molar-refractivity contribution in [1.29, 1.82) is 0 Å². The highest BCUT2D eigenvalue weighted by molar-refractivity contribution is 7.98. The molecule has 2 heterocycles. The van der Waals surface area contributed by atoms with E-state index in [2.05, 4.69) is 0 Å². The number of thioether (sulfide) groups is 1. The van der Waals surface area contributed by atoms with Crippen LogP contribution in [0.3, 0.4) is 0 Å². The average molecular weight is 439 g/mol. The van der Waals surface area contributed by atoms with E-state index in [0.29, 0.717) is 40.5 Å². The molecular formula is C24H26N2O4S. The lowest BCUT2D eigenvalue weighted by Crippen LogP contribution is -2.28. The average Bonchev–Trinajstić information content (AvgIpc) is 3.28. The fraction of sp³-hybridized carbons (Fsp3) is 0.375. The van der Waals surface area contributed by atoms with E-state index in [1.165, 1.54) is 11.8 Å². The largest absolute Gasteiger partial charge is 0.494 e. The Balaban J connectivity index is 1.70. The van der Waals surface area contributed by atoms with E-state index >= 15 is 0 Å². The van der Waals surface area contributed by atoms with Gasteiger partial charge in [-0.05, 0) is 57.0 Å². The molecule has 31 heavy (non-hydrogen) atoms. The van der Waals surface area contributed by atoms with E-state index in [1.807, 2.05) is 43.3 Å². The molecule has 0 spiro atoms. The standard InChI is InChI=1S/C24H26N2O4S/c1-3-29-22-11-10-17(16(2)27)13-18(22)15-31-24-25-21-9-5-4-8-20(21)23(28)26(24)14-19-7-6-12-30-19/h4-5,8-11,13,19H,3,6-7,12,14-15H2,1-2H3/t19-/m1/s1. The van der Waals surface area contributed by atoms with Gasteiger partial charge in [-0.15, -0.1) is 0 Å². The monoisotopic (exact) mass is 438 g/mol. The van der Waals surface area contributed by atoms with Crippen molar-refractivity contribution < 1.29 is 14.3 Å². The zero-order valence-corrected chi connectivity index (χ0v) is 18.6. The van der Waals surface area contributed by atoms with Crippen LogP contribution in [0.1, 0.15) is 42.6 Å². The number of aromatic nitrogens is 2. The van der Waals surface area contributed by atoms with Crippen LogP contribution in [0.2, 0.25) is 0 Å². The predicted molar refractivity (Wildman–Crippen MR) is 122 cm³/mol.